The van der Waals surface area contributed by atoms with Crippen molar-refractivity contribution in [2.75, 3.05) is 19.7 Å². The molecule has 3 aliphatic rings. The number of ether oxygens (including phenoxy) is 2. The van der Waals surface area contributed by atoms with Gasteiger partial charge in [0.1, 0.15) is 18.1 Å². The van der Waals surface area contributed by atoms with Gasteiger partial charge in [0.15, 0.2) is 11.4 Å². The fourth-order valence-electron chi connectivity index (χ4n) is 4.99. The van der Waals surface area contributed by atoms with Crippen LogP contribution in [-0.4, -0.2) is 68.5 Å². The molecule has 11 heteroatoms. The second-order valence-electron chi connectivity index (χ2n) is 9.37. The van der Waals surface area contributed by atoms with Gasteiger partial charge in [0.2, 0.25) is 5.91 Å². The average Bonchev–Trinajstić information content (AvgIpc) is 3.40. The number of pyridine rings is 1. The van der Waals surface area contributed by atoms with Crippen molar-refractivity contribution in [3.63, 3.8) is 0 Å². The predicted octanol–water partition coefficient (Wildman–Crippen LogP) is 1.46. The van der Waals surface area contributed by atoms with Crippen LogP contribution in [0.4, 0.5) is 4.39 Å². The second kappa shape index (κ2) is 8.98. The van der Waals surface area contributed by atoms with E-state index >= 15 is 0 Å². The zero-order valence-corrected chi connectivity index (χ0v) is 19.5. The Balaban J connectivity index is 1.28. The molecule has 186 valence electrons. The van der Waals surface area contributed by atoms with E-state index in [9.17, 15) is 14.0 Å². The van der Waals surface area contributed by atoms with Gasteiger partial charge in [-0.3, -0.25) is 9.59 Å². The van der Waals surface area contributed by atoms with Gasteiger partial charge < -0.3 is 19.7 Å². The minimum atomic E-state index is -0.863. The third-order valence-electron chi connectivity index (χ3n) is 7.01. The highest BCUT2D eigenvalue weighted by Gasteiger charge is 2.56. The van der Waals surface area contributed by atoms with Gasteiger partial charge in [-0.2, -0.15) is 0 Å². The summed E-state index contributed by atoms with van der Waals surface area (Å²) in [5.74, 6) is -0.588. The third-order valence-corrected chi connectivity index (χ3v) is 7.01. The Morgan fingerprint density at radius 1 is 1.17 bits per heavy atom. The molecule has 2 amide bonds. The average molecular weight is 493 g/mol. The molecule has 4 heterocycles. The minimum Gasteiger partial charge on any atom is -0.489 e. The van der Waals surface area contributed by atoms with E-state index in [0.717, 1.165) is 0 Å². The van der Waals surface area contributed by atoms with Crippen LogP contribution in [0.2, 0.25) is 0 Å². The summed E-state index contributed by atoms with van der Waals surface area (Å²) in [5.41, 5.74) is 0.347. The zero-order valence-electron chi connectivity index (χ0n) is 19.5. The van der Waals surface area contributed by atoms with E-state index < -0.39 is 23.5 Å². The monoisotopic (exact) mass is 492 g/mol. The number of rotatable bonds is 2. The SMILES string of the molecule is O=C1N[C@H]2CN(C(=O)C3(c4ccccc4F)CC3)C[C@@H]2OCc2cn(nn2)CCOc2cccnc21. The van der Waals surface area contributed by atoms with Crippen molar-refractivity contribution in [1.82, 2.24) is 30.2 Å². The number of amides is 2. The number of nitrogens with one attached hydrogen (secondary N) is 1. The van der Waals surface area contributed by atoms with Crippen LogP contribution >= 0.6 is 0 Å². The van der Waals surface area contributed by atoms with Crippen LogP contribution in [0.15, 0.2) is 48.8 Å². The van der Waals surface area contributed by atoms with Crippen molar-refractivity contribution in [1.29, 1.82) is 0 Å². The van der Waals surface area contributed by atoms with Crippen LogP contribution in [0.1, 0.15) is 34.6 Å². The maximum Gasteiger partial charge on any atom is 0.274 e. The quantitative estimate of drug-likeness (QED) is 0.577. The van der Waals surface area contributed by atoms with Gasteiger partial charge in [-0.15, -0.1) is 5.10 Å². The Labute approximate surface area is 206 Å². The number of nitrogens with zero attached hydrogens (tertiary/aromatic N) is 5. The standard InChI is InChI=1S/C25H25FN6O4/c26-18-5-2-1-4-17(18)25(7-8-25)24(34)31-13-19-21(14-31)36-15-16-12-32(30-29-16)10-11-35-20-6-3-9-27-22(20)23(33)28-19/h1-6,9,12,19,21H,7-8,10-11,13-15H2,(H,28,33)/t19-,21-/m0/s1. The Morgan fingerprint density at radius 3 is 2.86 bits per heavy atom. The lowest BCUT2D eigenvalue weighted by molar-refractivity contribution is -0.133. The number of carbonyl (C=O) groups is 2. The van der Waals surface area contributed by atoms with Crippen LogP contribution in [0.5, 0.6) is 5.75 Å². The van der Waals surface area contributed by atoms with Gasteiger partial charge in [-0.25, -0.2) is 14.1 Å². The first kappa shape index (κ1) is 22.6. The highest BCUT2D eigenvalue weighted by molar-refractivity contribution is 5.95. The molecule has 3 aromatic rings. The van der Waals surface area contributed by atoms with E-state index in [1.807, 2.05) is 0 Å². The lowest BCUT2D eigenvalue weighted by Gasteiger charge is -2.24. The Hall–Kier alpha value is -3.86. The Bertz CT molecular complexity index is 1310. The normalized spacial score (nSPS) is 23.0. The van der Waals surface area contributed by atoms with E-state index in [0.29, 0.717) is 36.4 Å². The topological polar surface area (TPSA) is 111 Å². The molecule has 1 aromatic carbocycles. The van der Waals surface area contributed by atoms with Gasteiger partial charge in [0.25, 0.3) is 5.91 Å². The molecule has 2 fully saturated rings. The number of halogens is 1. The van der Waals surface area contributed by atoms with Gasteiger partial charge >= 0.3 is 0 Å². The molecule has 36 heavy (non-hydrogen) atoms. The highest BCUT2D eigenvalue weighted by atomic mass is 19.1. The lowest BCUT2D eigenvalue weighted by atomic mass is 9.94. The van der Waals surface area contributed by atoms with Crippen LogP contribution in [0.3, 0.4) is 0 Å². The first-order chi connectivity index (χ1) is 17.5. The number of benzene rings is 1. The molecule has 2 aromatic heterocycles. The van der Waals surface area contributed by atoms with Crippen molar-refractivity contribution in [3.05, 3.63) is 71.6 Å². The summed E-state index contributed by atoms with van der Waals surface area (Å²) in [6, 6.07) is 9.31. The third kappa shape index (κ3) is 4.09. The Morgan fingerprint density at radius 2 is 2.03 bits per heavy atom. The smallest absolute Gasteiger partial charge is 0.274 e. The molecule has 0 unspecified atom stereocenters. The summed E-state index contributed by atoms with van der Waals surface area (Å²) in [6.45, 7) is 1.39. The van der Waals surface area contributed by atoms with Crippen LogP contribution in [0, 0.1) is 5.82 Å². The van der Waals surface area contributed by atoms with E-state index in [-0.39, 0.29) is 43.7 Å². The van der Waals surface area contributed by atoms with Crippen molar-refractivity contribution in [2.45, 2.75) is 43.6 Å². The maximum atomic E-state index is 14.6. The molecule has 2 atom stereocenters. The molecule has 10 nitrogen and oxygen atoms in total. The van der Waals surface area contributed by atoms with Crippen LogP contribution in [-0.2, 0) is 28.1 Å². The minimum absolute atomic E-state index is 0.149. The molecule has 0 radical (unpaired) electrons. The summed E-state index contributed by atoms with van der Waals surface area (Å²) >= 11 is 0. The van der Waals surface area contributed by atoms with Gasteiger partial charge in [-0.05, 0) is 31.0 Å². The van der Waals surface area contributed by atoms with Crippen molar-refractivity contribution >= 4 is 11.8 Å². The van der Waals surface area contributed by atoms with Crippen LogP contribution in [0.25, 0.3) is 0 Å². The van der Waals surface area contributed by atoms with E-state index in [4.69, 9.17) is 9.47 Å². The lowest BCUT2D eigenvalue weighted by Crippen LogP contribution is -2.45. The summed E-state index contributed by atoms with van der Waals surface area (Å²) in [5, 5.41) is 11.2. The maximum absolute atomic E-state index is 14.6. The molecule has 0 spiro atoms. The molecule has 2 bridgehead atoms. The first-order valence-electron chi connectivity index (χ1n) is 12.0. The predicted molar refractivity (Wildman–Crippen MR) is 123 cm³/mol. The fraction of sp³-hybridized carbons (Fsp3) is 0.400. The number of likely N-dealkylation sites (tertiary alicyclic amines) is 1. The zero-order chi connectivity index (χ0) is 24.7. The van der Waals surface area contributed by atoms with Gasteiger partial charge in [-0.1, -0.05) is 23.4 Å². The van der Waals surface area contributed by atoms with E-state index in [1.165, 1.54) is 12.3 Å². The molecule has 1 aliphatic carbocycles. The van der Waals surface area contributed by atoms with Crippen molar-refractivity contribution in [3.8, 4) is 5.75 Å². The summed E-state index contributed by atoms with van der Waals surface area (Å²) < 4.78 is 28.2. The molecule has 1 saturated heterocycles. The molecule has 2 aliphatic heterocycles. The Kier molecular flexibility index (Phi) is 5.63. The van der Waals surface area contributed by atoms with E-state index in [2.05, 4.69) is 20.6 Å². The largest absolute Gasteiger partial charge is 0.489 e. The number of aromatic nitrogens is 4. The summed E-state index contributed by atoms with van der Waals surface area (Å²) in [4.78, 5) is 32.7. The van der Waals surface area contributed by atoms with Gasteiger partial charge in [0.05, 0.1) is 36.9 Å². The summed E-state index contributed by atoms with van der Waals surface area (Å²) in [6.07, 6.45) is 3.99. The number of carbonyl (C=O) groups excluding carboxylic acids is 2. The fourth-order valence-corrected chi connectivity index (χ4v) is 4.99. The first-order valence-corrected chi connectivity index (χ1v) is 12.0. The second-order valence-corrected chi connectivity index (χ2v) is 9.37. The number of fused-ring (bicyclic) bond motifs is 4. The van der Waals surface area contributed by atoms with E-state index in [1.54, 1.807) is 46.1 Å². The molecular weight excluding hydrogens is 467 g/mol. The molecular formula is C25H25FN6O4. The molecule has 1 N–H and O–H groups in total. The molecule has 6 rings (SSSR count). The summed E-state index contributed by atoms with van der Waals surface area (Å²) in [7, 11) is 0. The number of hydrogen-bond acceptors (Lipinski definition) is 7. The van der Waals surface area contributed by atoms with Gasteiger partial charge in [0, 0.05) is 24.8 Å². The van der Waals surface area contributed by atoms with Crippen molar-refractivity contribution < 1.29 is 23.5 Å². The highest BCUT2D eigenvalue weighted by Crippen LogP contribution is 2.50. The van der Waals surface area contributed by atoms with Crippen molar-refractivity contribution in [2.24, 2.45) is 0 Å². The molecule has 1 saturated carbocycles. The van der Waals surface area contributed by atoms with Crippen LogP contribution < -0.4 is 10.1 Å². The number of hydrogen-bond donors (Lipinski definition) is 1.